The molecular weight excluding hydrogens is 240 g/mol. The molecule has 2 rings (SSSR count). The van der Waals surface area contributed by atoms with Gasteiger partial charge in [-0.25, -0.2) is 0 Å². The molecular formula is C15H24N2O2. The fourth-order valence-electron chi connectivity index (χ4n) is 2.94. The van der Waals surface area contributed by atoms with E-state index in [1.54, 1.807) is 12.3 Å². The lowest BCUT2D eigenvalue weighted by molar-refractivity contribution is 0.0626. The Labute approximate surface area is 115 Å². The van der Waals surface area contributed by atoms with E-state index in [1.165, 1.54) is 0 Å². The van der Waals surface area contributed by atoms with E-state index in [9.17, 15) is 4.79 Å². The summed E-state index contributed by atoms with van der Waals surface area (Å²) in [5.41, 5.74) is 0.705. The van der Waals surface area contributed by atoms with Gasteiger partial charge in [-0.3, -0.25) is 4.79 Å². The van der Waals surface area contributed by atoms with Gasteiger partial charge in [-0.15, -0.1) is 0 Å². The molecule has 1 aliphatic heterocycles. The van der Waals surface area contributed by atoms with E-state index >= 15 is 0 Å². The lowest BCUT2D eigenvalue weighted by Crippen LogP contribution is -2.50. The first-order valence-electron chi connectivity index (χ1n) is 7.24. The minimum atomic E-state index is 0.111. The number of hydrogen-bond donors (Lipinski definition) is 1. The predicted octanol–water partition coefficient (Wildman–Crippen LogP) is 2.44. The third-order valence-corrected chi connectivity index (χ3v) is 4.10. The first kappa shape index (κ1) is 14.1. The van der Waals surface area contributed by atoms with Gasteiger partial charge in [0, 0.05) is 19.1 Å². The number of nitrogens with one attached hydrogen (secondary N) is 1. The van der Waals surface area contributed by atoms with Gasteiger partial charge in [-0.1, -0.05) is 20.3 Å². The average molecular weight is 264 g/mol. The molecule has 1 amide bonds. The molecule has 1 aromatic heterocycles. The summed E-state index contributed by atoms with van der Waals surface area (Å²) in [6.07, 6.45) is 3.73. The number of hydrogen-bond acceptors (Lipinski definition) is 3. The molecule has 1 aromatic rings. The highest BCUT2D eigenvalue weighted by atomic mass is 16.3. The van der Waals surface area contributed by atoms with Crippen LogP contribution >= 0.6 is 0 Å². The number of piperidine rings is 1. The van der Waals surface area contributed by atoms with Crippen molar-refractivity contribution >= 4 is 5.91 Å². The maximum atomic E-state index is 12.5. The Kier molecular flexibility index (Phi) is 4.64. The second-order valence-electron chi connectivity index (χ2n) is 5.26. The lowest BCUT2D eigenvalue weighted by Gasteiger charge is -2.38. The van der Waals surface area contributed by atoms with E-state index in [4.69, 9.17) is 4.42 Å². The van der Waals surface area contributed by atoms with E-state index in [0.29, 0.717) is 23.3 Å². The maximum Gasteiger partial charge on any atom is 0.257 e. The van der Waals surface area contributed by atoms with Gasteiger partial charge in [0.05, 0.1) is 11.8 Å². The Morgan fingerprint density at radius 2 is 2.32 bits per heavy atom. The monoisotopic (exact) mass is 264 g/mol. The fourth-order valence-corrected chi connectivity index (χ4v) is 2.94. The topological polar surface area (TPSA) is 45.5 Å². The summed E-state index contributed by atoms with van der Waals surface area (Å²) in [6.45, 7) is 8.85. The van der Waals surface area contributed by atoms with E-state index < -0.39 is 0 Å². The summed E-state index contributed by atoms with van der Waals surface area (Å²) >= 11 is 0. The number of rotatable bonds is 4. The Balaban J connectivity index is 2.04. The second-order valence-corrected chi connectivity index (χ2v) is 5.26. The molecule has 0 radical (unpaired) electrons. The van der Waals surface area contributed by atoms with Crippen LogP contribution in [0, 0.1) is 12.8 Å². The van der Waals surface area contributed by atoms with Crippen LogP contribution in [0.4, 0.5) is 0 Å². The zero-order valence-electron chi connectivity index (χ0n) is 12.1. The van der Waals surface area contributed by atoms with Crippen molar-refractivity contribution in [2.45, 2.75) is 39.7 Å². The maximum absolute atomic E-state index is 12.5. The highest BCUT2D eigenvalue weighted by molar-refractivity contribution is 5.95. The Morgan fingerprint density at radius 1 is 1.53 bits per heavy atom. The number of likely N-dealkylation sites (tertiary alicyclic amines) is 1. The zero-order valence-corrected chi connectivity index (χ0v) is 12.1. The van der Waals surface area contributed by atoms with Crippen LogP contribution in [0.25, 0.3) is 0 Å². The summed E-state index contributed by atoms with van der Waals surface area (Å²) in [5, 5.41) is 3.53. The smallest absolute Gasteiger partial charge is 0.257 e. The Hall–Kier alpha value is -1.29. The van der Waals surface area contributed by atoms with Crippen molar-refractivity contribution < 1.29 is 9.21 Å². The number of carbonyl (C=O) groups excluding carboxylic acids is 1. The summed E-state index contributed by atoms with van der Waals surface area (Å²) in [4.78, 5) is 14.4. The summed E-state index contributed by atoms with van der Waals surface area (Å²) in [6, 6.07) is 2.32. The number of amides is 1. The molecule has 0 spiro atoms. The SMILES string of the molecule is CCNC1CCN(C(=O)c2ccoc2C)CC1CC. The molecule has 19 heavy (non-hydrogen) atoms. The molecule has 4 nitrogen and oxygen atoms in total. The zero-order chi connectivity index (χ0) is 13.8. The molecule has 1 saturated heterocycles. The molecule has 1 aliphatic rings. The lowest BCUT2D eigenvalue weighted by atomic mass is 9.89. The number of carbonyl (C=O) groups is 1. The molecule has 4 heteroatoms. The van der Waals surface area contributed by atoms with E-state index in [-0.39, 0.29) is 5.91 Å². The first-order chi connectivity index (χ1) is 9.17. The van der Waals surface area contributed by atoms with Gasteiger partial charge in [-0.05, 0) is 31.9 Å². The second kappa shape index (κ2) is 6.24. The minimum Gasteiger partial charge on any atom is -0.469 e. The third-order valence-electron chi connectivity index (χ3n) is 4.10. The van der Waals surface area contributed by atoms with Crippen LogP contribution in [-0.2, 0) is 0 Å². The number of furan rings is 1. The standard InChI is InChI=1S/C15H24N2O2/c1-4-12-10-17(8-6-14(12)16-5-2)15(18)13-7-9-19-11(13)3/h7,9,12,14,16H,4-6,8,10H2,1-3H3. The average Bonchev–Trinajstić information content (AvgIpc) is 2.85. The van der Waals surface area contributed by atoms with Gasteiger partial charge in [-0.2, -0.15) is 0 Å². The van der Waals surface area contributed by atoms with Gasteiger partial charge in [0.25, 0.3) is 5.91 Å². The normalized spacial score (nSPS) is 23.6. The van der Waals surface area contributed by atoms with Crippen molar-refractivity contribution in [2.75, 3.05) is 19.6 Å². The summed E-state index contributed by atoms with van der Waals surface area (Å²) < 4.78 is 5.23. The molecule has 0 saturated carbocycles. The van der Waals surface area contributed by atoms with Crippen molar-refractivity contribution in [3.05, 3.63) is 23.7 Å². The van der Waals surface area contributed by atoms with Crippen molar-refractivity contribution in [2.24, 2.45) is 5.92 Å². The molecule has 2 atom stereocenters. The molecule has 2 heterocycles. The van der Waals surface area contributed by atoms with Crippen molar-refractivity contribution in [3.63, 3.8) is 0 Å². The summed E-state index contributed by atoms with van der Waals surface area (Å²) in [5.74, 6) is 1.37. The van der Waals surface area contributed by atoms with Crippen LogP contribution in [0.1, 0.15) is 42.8 Å². The van der Waals surface area contributed by atoms with E-state index in [2.05, 4.69) is 19.2 Å². The quantitative estimate of drug-likeness (QED) is 0.908. The molecule has 2 unspecified atom stereocenters. The number of aryl methyl sites for hydroxylation is 1. The highest BCUT2D eigenvalue weighted by Gasteiger charge is 2.31. The van der Waals surface area contributed by atoms with Gasteiger partial charge < -0.3 is 14.6 Å². The van der Waals surface area contributed by atoms with Gasteiger partial charge in [0.15, 0.2) is 0 Å². The van der Waals surface area contributed by atoms with E-state index in [1.807, 2.05) is 11.8 Å². The van der Waals surface area contributed by atoms with Crippen LogP contribution in [0.3, 0.4) is 0 Å². The van der Waals surface area contributed by atoms with Crippen LogP contribution in [0.5, 0.6) is 0 Å². The first-order valence-corrected chi connectivity index (χ1v) is 7.24. The molecule has 1 fully saturated rings. The van der Waals surface area contributed by atoms with E-state index in [0.717, 1.165) is 32.5 Å². The third kappa shape index (κ3) is 3.00. The fraction of sp³-hybridized carbons (Fsp3) is 0.667. The van der Waals surface area contributed by atoms with Crippen molar-refractivity contribution in [1.82, 2.24) is 10.2 Å². The van der Waals surface area contributed by atoms with Crippen LogP contribution in [0.2, 0.25) is 0 Å². The van der Waals surface area contributed by atoms with Crippen molar-refractivity contribution in [1.29, 1.82) is 0 Å². The predicted molar refractivity (Wildman–Crippen MR) is 75.2 cm³/mol. The van der Waals surface area contributed by atoms with Crippen molar-refractivity contribution in [3.8, 4) is 0 Å². The van der Waals surface area contributed by atoms with Crippen LogP contribution in [0.15, 0.2) is 16.7 Å². The van der Waals surface area contributed by atoms with Gasteiger partial charge in [0.2, 0.25) is 0 Å². The van der Waals surface area contributed by atoms with Gasteiger partial charge in [0.1, 0.15) is 5.76 Å². The molecule has 106 valence electrons. The Bertz CT molecular complexity index is 428. The number of nitrogens with zero attached hydrogens (tertiary/aromatic N) is 1. The van der Waals surface area contributed by atoms with Crippen LogP contribution in [-0.4, -0.2) is 36.5 Å². The molecule has 1 N–H and O–H groups in total. The highest BCUT2D eigenvalue weighted by Crippen LogP contribution is 2.22. The van der Waals surface area contributed by atoms with Crippen LogP contribution < -0.4 is 5.32 Å². The molecule has 0 aromatic carbocycles. The Morgan fingerprint density at radius 3 is 2.89 bits per heavy atom. The molecule has 0 bridgehead atoms. The largest absolute Gasteiger partial charge is 0.469 e. The minimum absolute atomic E-state index is 0.111. The summed E-state index contributed by atoms with van der Waals surface area (Å²) in [7, 11) is 0. The van der Waals surface area contributed by atoms with Gasteiger partial charge >= 0.3 is 0 Å². The molecule has 0 aliphatic carbocycles.